The third-order valence-corrected chi connectivity index (χ3v) is 38.4. The Labute approximate surface area is 721 Å². The fourth-order valence-corrected chi connectivity index (χ4v) is 21.6. The number of rotatable bonds is 26. The topological polar surface area (TPSA) is 298 Å². The maximum absolute atomic E-state index is 14.7. The summed E-state index contributed by atoms with van der Waals surface area (Å²) in [4.78, 5) is 39.5. The molecule has 5 heterocycles. The minimum absolute atomic E-state index is 0.00366. The highest BCUT2D eigenvalue weighted by Crippen LogP contribution is 2.48. The summed E-state index contributed by atoms with van der Waals surface area (Å²) in [5.74, 6) is -1.29. The van der Waals surface area contributed by atoms with Crippen molar-refractivity contribution in [2.75, 3.05) is 55.4 Å². The van der Waals surface area contributed by atoms with Crippen LogP contribution >= 0.6 is 0 Å². The van der Waals surface area contributed by atoms with Crippen LogP contribution in [0.25, 0.3) is 0 Å². The number of hydrogen-bond donors (Lipinski definition) is 7. The van der Waals surface area contributed by atoms with E-state index in [9.17, 15) is 40.5 Å². The highest BCUT2D eigenvalue weighted by Gasteiger charge is 2.56. The maximum atomic E-state index is 14.7. The van der Waals surface area contributed by atoms with Gasteiger partial charge in [-0.25, -0.2) is 0 Å². The van der Waals surface area contributed by atoms with Crippen molar-refractivity contribution in [3.8, 4) is 0 Å². The van der Waals surface area contributed by atoms with Gasteiger partial charge in [0.1, 0.15) is 23.4 Å². The van der Waals surface area contributed by atoms with E-state index in [0.717, 1.165) is 6.42 Å². The molecule has 0 amide bonds. The number of carbonyl (C=O) groups excluding carboxylic acids is 3. The van der Waals surface area contributed by atoms with Crippen molar-refractivity contribution in [3.05, 3.63) is 0 Å². The van der Waals surface area contributed by atoms with Gasteiger partial charge in [0.2, 0.25) is 0 Å². The molecule has 33 atom stereocenters. The molecule has 0 radical (unpaired) electrons. The second-order valence-electron chi connectivity index (χ2n) is 43.7. The first kappa shape index (κ1) is 113. The number of nitrogens with zero attached hydrogens (tertiary/aromatic N) is 4. The lowest BCUT2D eigenvalue weighted by Gasteiger charge is -2.49. The lowest BCUT2D eigenvalue weighted by molar-refractivity contribution is -0.301. The lowest BCUT2D eigenvalue weighted by atomic mass is 9.71. The third kappa shape index (κ3) is 30.3. The normalized spacial score (nSPS) is 37.4. The van der Waals surface area contributed by atoms with Crippen molar-refractivity contribution >= 4 is 28.8 Å². The Kier molecular flexibility index (Phi) is 43.4. The molecule has 5 fully saturated rings. The minimum atomic E-state index is -2.44. The Hall–Kier alpha value is -1.52. The van der Waals surface area contributed by atoms with Gasteiger partial charge in [0.15, 0.2) is 35.5 Å². The first-order valence-corrected chi connectivity index (χ1v) is 51.0. The van der Waals surface area contributed by atoms with Crippen LogP contribution in [0.15, 0.2) is 0 Å². The van der Waals surface area contributed by atoms with Gasteiger partial charge in [0.05, 0.1) is 90.4 Å². The largest absolute Gasteiger partial charge is 0.459 e. The average molecular weight is 1720 g/mol. The highest BCUT2D eigenvalue weighted by atomic mass is 28.4. The average Bonchev–Trinajstić information content (AvgIpc) is 0.974. The first-order valence-electron chi connectivity index (χ1n) is 45.2. The monoisotopic (exact) mass is 1720 g/mol. The quantitative estimate of drug-likeness (QED) is 0.0313. The molecule has 7 N–H and O–H groups in total. The highest BCUT2D eigenvalue weighted by molar-refractivity contribution is 6.74. The number of likely N-dealkylation sites (N-methyl/N-ethyl adjacent to an activating group) is 3. The van der Waals surface area contributed by atoms with Gasteiger partial charge in [0.25, 0.3) is 0 Å². The number of aliphatic hydroxyl groups excluding tert-OH is 3. The SMILES string of the molecule is CC1CC(C)(C)[C@@H](C)[C@H](C)O1.CC[C@@H](O)[C@H](C)[C@@H](OC1O[C@H](C)C[C@H](N(C)C)[C@H]1O)[C@](C)(O)C[C@@H](C)CN(C)[C@H](C)[C@@H](O[Si](C)(C)C(C)(C)C)[C@](C)(O)[C@H](O)CC.CC[C@H]1OC(=O)[C@H](C)[C@@H](OC2CC(C)(C)[C@@H](C)[C@H](C)O2)[C@H](C)[C@@H](OC2O[C@H](C)C[C@H](N(C)C)[C@H]2C)[C@](C)(O)C[C@@H](C)CN(C)[C@H](C)[C@@H](O[Si](C)(C)C(C)(C)C)[C@]1(C)O.O=C=O. The molecule has 5 saturated heterocycles. The van der Waals surface area contributed by atoms with Crippen LogP contribution in [-0.2, 0) is 61.1 Å². The fraction of sp³-hybridized carbons (Fsp3) is 0.978. The molecule has 0 bridgehead atoms. The molecular formula is C92H184N4O20Si2. The summed E-state index contributed by atoms with van der Waals surface area (Å²) in [5, 5.41) is 82.1. The Morgan fingerprint density at radius 3 is 1.58 bits per heavy atom. The summed E-state index contributed by atoms with van der Waals surface area (Å²) in [6, 6.07) is -0.454. The molecular weight excluding hydrogens is 1540 g/mol. The van der Waals surface area contributed by atoms with Crippen LogP contribution in [0.5, 0.6) is 0 Å². The molecule has 0 aliphatic carbocycles. The fourth-order valence-electron chi connectivity index (χ4n) is 18.8. The molecule has 0 saturated carbocycles. The van der Waals surface area contributed by atoms with Gasteiger partial charge in [-0.2, -0.15) is 9.59 Å². The van der Waals surface area contributed by atoms with Crippen LogP contribution in [-0.4, -0.2) is 290 Å². The predicted molar refractivity (Wildman–Crippen MR) is 476 cm³/mol. The Morgan fingerprint density at radius 1 is 0.636 bits per heavy atom. The standard InChI is InChI=1S/C46H90N2O9Si.C35H74N2O8Si.C10H20O.CO2/c1-22-36-46(16,51)40(57-58(20,21)43(10,11)12)33(8)48(19)26-27(2)24-45(15,50)39(56-42-29(4)35(47(17)18)23-28(3)52-42)30(5)38(31(6)41(49)54-36)55-37-25-44(13,14)32(7)34(9)53-37;1-17-27(38)24(5)30(44-32-29(40)26(36(12)13)19-23(4)43-32)34(10,41)20-22(3)21-37(14)25(6)31(35(11,42)28(39)18-2)45-46(15,16)33(7,8)9;1-7-6-10(4,5)8(2)9(3)11-7;2-1-3/h27-40,42,50-51H,22-26H2,1-21H3;22-32,38-42H,17-21H2,1-16H3;7-9H,6H2,1-5H3;/t27-,28-,29-,30+,31-,32+,33-,34+,35+,36-,37?,38+,39-,40-,42?,45-,46-;22-,23-,24+,25-,26+,27-,28-,29-,30-,31-,32?,34-,35-;7?,8-,9-;/m110./s1. The molecule has 5 rings (SSSR count). The van der Waals surface area contributed by atoms with E-state index in [-0.39, 0.29) is 81.9 Å². The summed E-state index contributed by atoms with van der Waals surface area (Å²) in [7, 11) is 7.30. The van der Waals surface area contributed by atoms with E-state index in [1.807, 2.05) is 88.4 Å². The second-order valence-corrected chi connectivity index (χ2v) is 53.2. The molecule has 5 aliphatic rings. The number of carbonyl (C=O) groups is 1. The summed E-state index contributed by atoms with van der Waals surface area (Å²) in [6.07, 6.45) is -3.04. The van der Waals surface area contributed by atoms with Gasteiger partial charge in [0, 0.05) is 61.4 Å². The van der Waals surface area contributed by atoms with Gasteiger partial charge < -0.3 is 102 Å². The molecule has 0 aromatic heterocycles. The third-order valence-electron chi connectivity index (χ3n) is 29.5. The van der Waals surface area contributed by atoms with Crippen molar-refractivity contribution < 1.29 is 96.9 Å². The van der Waals surface area contributed by atoms with Crippen LogP contribution < -0.4 is 0 Å². The Bertz CT molecular complexity index is 2960. The van der Waals surface area contributed by atoms with Crippen molar-refractivity contribution in [2.24, 2.45) is 58.2 Å². The number of cyclic esters (lactones) is 1. The van der Waals surface area contributed by atoms with Crippen molar-refractivity contribution in [1.29, 1.82) is 0 Å². The molecule has 4 unspecified atom stereocenters. The summed E-state index contributed by atoms with van der Waals surface area (Å²) < 4.78 is 66.0. The lowest BCUT2D eigenvalue weighted by Crippen LogP contribution is -2.63. The second kappa shape index (κ2) is 45.5. The van der Waals surface area contributed by atoms with E-state index in [1.54, 1.807) is 20.8 Å². The van der Waals surface area contributed by atoms with E-state index < -0.39 is 137 Å². The minimum Gasteiger partial charge on any atom is -0.459 e. The van der Waals surface area contributed by atoms with Gasteiger partial charge in [-0.3, -0.25) is 4.79 Å². The molecule has 5 aliphatic heterocycles. The van der Waals surface area contributed by atoms with Crippen LogP contribution in [0.4, 0.5) is 0 Å². The Balaban J connectivity index is 0.000000698. The maximum Gasteiger partial charge on any atom is 0.373 e. The van der Waals surface area contributed by atoms with Crippen LogP contribution in [0.2, 0.25) is 36.3 Å². The van der Waals surface area contributed by atoms with E-state index in [2.05, 4.69) is 201 Å². The van der Waals surface area contributed by atoms with Crippen LogP contribution in [0.1, 0.15) is 279 Å². The summed E-state index contributed by atoms with van der Waals surface area (Å²) >= 11 is 0. The van der Waals surface area contributed by atoms with Crippen LogP contribution in [0.3, 0.4) is 0 Å². The van der Waals surface area contributed by atoms with Gasteiger partial charge in [-0.1, -0.05) is 138 Å². The van der Waals surface area contributed by atoms with E-state index in [4.69, 9.17) is 56.3 Å². The summed E-state index contributed by atoms with van der Waals surface area (Å²) in [6.45, 7) is 76.0. The van der Waals surface area contributed by atoms with Crippen molar-refractivity contribution in [3.63, 3.8) is 0 Å². The van der Waals surface area contributed by atoms with Crippen molar-refractivity contribution in [1.82, 2.24) is 19.6 Å². The zero-order valence-corrected chi connectivity index (χ0v) is 84.7. The summed E-state index contributed by atoms with van der Waals surface area (Å²) in [5.41, 5.74) is -5.36. The van der Waals surface area contributed by atoms with E-state index in [0.29, 0.717) is 87.5 Å². The zero-order valence-electron chi connectivity index (χ0n) is 82.7. The molecule has 0 aromatic rings. The van der Waals surface area contributed by atoms with E-state index >= 15 is 0 Å². The zero-order chi connectivity index (χ0) is 92.2. The molecule has 24 nitrogen and oxygen atoms in total. The number of aliphatic hydroxyl groups is 7. The Morgan fingerprint density at radius 2 is 1.12 bits per heavy atom. The smallest absolute Gasteiger partial charge is 0.373 e. The van der Waals surface area contributed by atoms with Crippen LogP contribution in [0, 0.1) is 58.2 Å². The first-order chi connectivity index (χ1) is 53.4. The van der Waals surface area contributed by atoms with Crippen molar-refractivity contribution in [2.45, 2.75) is 467 Å². The number of hydrogen-bond acceptors (Lipinski definition) is 24. The number of ether oxygens (including phenoxy) is 8. The number of esters is 1. The van der Waals surface area contributed by atoms with Gasteiger partial charge >= 0.3 is 12.1 Å². The molecule has 700 valence electrons. The van der Waals surface area contributed by atoms with Gasteiger partial charge in [-0.15, -0.1) is 0 Å². The van der Waals surface area contributed by atoms with E-state index in [1.165, 1.54) is 6.42 Å². The molecule has 0 spiro atoms. The molecule has 0 aromatic carbocycles. The molecule has 118 heavy (non-hydrogen) atoms. The molecule has 26 heteroatoms. The van der Waals surface area contributed by atoms with Gasteiger partial charge in [-0.05, 0) is 248 Å². The predicted octanol–water partition coefficient (Wildman–Crippen LogP) is 14.6.